The van der Waals surface area contributed by atoms with Crippen LogP contribution in [0.3, 0.4) is 0 Å². The summed E-state index contributed by atoms with van der Waals surface area (Å²) in [6.45, 7) is 1.64. The third-order valence-electron chi connectivity index (χ3n) is 1.34. The number of halogens is 2. The van der Waals surface area contributed by atoms with Gasteiger partial charge in [-0.15, -0.1) is 0 Å². The fourth-order valence-electron chi connectivity index (χ4n) is 0.722. The van der Waals surface area contributed by atoms with E-state index in [1.54, 1.807) is 12.3 Å². The van der Waals surface area contributed by atoms with Gasteiger partial charge in [-0.3, -0.25) is 5.43 Å². The Balaban J connectivity index is 2.69. The summed E-state index contributed by atoms with van der Waals surface area (Å²) in [4.78, 5) is 3.80. The van der Waals surface area contributed by atoms with Crippen LogP contribution in [-0.2, 0) is 4.74 Å². The van der Waals surface area contributed by atoms with E-state index in [-0.39, 0.29) is 11.2 Å². The van der Waals surface area contributed by atoms with Gasteiger partial charge in [0.2, 0.25) is 5.95 Å². The van der Waals surface area contributed by atoms with Crippen LogP contribution in [0.2, 0.25) is 0 Å². The lowest BCUT2D eigenvalue weighted by Gasteiger charge is -2.19. The Hall–Kier alpha value is -1.21. The number of amidine groups is 1. The summed E-state index contributed by atoms with van der Waals surface area (Å²) in [7, 11) is 1.45. The van der Waals surface area contributed by atoms with E-state index >= 15 is 0 Å². The number of hydrogen-bond acceptors (Lipinski definition) is 4. The number of nitrogens with zero attached hydrogens (tertiary/aromatic N) is 2. The molecule has 0 aromatic heterocycles. The smallest absolute Gasteiger partial charge is 0.208 e. The van der Waals surface area contributed by atoms with Gasteiger partial charge < -0.3 is 4.74 Å². The highest BCUT2D eigenvalue weighted by molar-refractivity contribution is 5.93. The first-order valence-corrected chi connectivity index (χ1v) is 3.59. The molecule has 0 bridgehead atoms. The Kier molecular flexibility index (Phi) is 3.15. The van der Waals surface area contributed by atoms with Crippen molar-refractivity contribution in [2.75, 3.05) is 7.11 Å². The molecule has 2 N–H and O–H groups in total. The van der Waals surface area contributed by atoms with Crippen LogP contribution in [0.5, 0.6) is 0 Å². The van der Waals surface area contributed by atoms with Crippen LogP contribution in [0.4, 0.5) is 8.87 Å². The number of methoxy groups -OCH3 is 1. The van der Waals surface area contributed by atoms with Gasteiger partial charge in [0.15, 0.2) is 0 Å². The lowest BCUT2D eigenvalue weighted by atomic mass is 10.5. The molecule has 7 heteroatoms. The standard InChI is InChI=1S/C6H10F2N4O/c1-4(13-2)9-6-3-5(7)10-12(8)11-6/h3-4,10H,1-2H3,(H,9,11). The highest BCUT2D eigenvalue weighted by Crippen LogP contribution is 2.01. The van der Waals surface area contributed by atoms with Crippen LogP contribution in [-0.4, -0.2) is 24.5 Å². The maximum Gasteiger partial charge on any atom is 0.208 e. The molecule has 0 spiro atoms. The van der Waals surface area contributed by atoms with Crippen molar-refractivity contribution in [2.24, 2.45) is 4.99 Å². The molecule has 1 atom stereocenters. The molecule has 1 heterocycles. The molecule has 0 aromatic carbocycles. The van der Waals surface area contributed by atoms with E-state index in [0.717, 1.165) is 6.08 Å². The van der Waals surface area contributed by atoms with Gasteiger partial charge in [0.1, 0.15) is 12.1 Å². The Morgan fingerprint density at radius 1 is 1.62 bits per heavy atom. The first-order valence-electron chi connectivity index (χ1n) is 3.59. The molecule has 0 saturated carbocycles. The summed E-state index contributed by atoms with van der Waals surface area (Å²) < 4.78 is 29.8. The lowest BCUT2D eigenvalue weighted by molar-refractivity contribution is -0.0617. The average molecular weight is 192 g/mol. The third kappa shape index (κ3) is 2.96. The molecular formula is C6H10F2N4O. The minimum Gasteiger partial charge on any atom is -0.360 e. The zero-order valence-electron chi connectivity index (χ0n) is 7.21. The Labute approximate surface area is 73.9 Å². The van der Waals surface area contributed by atoms with Gasteiger partial charge in [0, 0.05) is 18.5 Å². The van der Waals surface area contributed by atoms with Crippen LogP contribution in [0, 0.1) is 0 Å². The van der Waals surface area contributed by atoms with Crippen LogP contribution in [0.1, 0.15) is 6.92 Å². The van der Waals surface area contributed by atoms with Gasteiger partial charge in [-0.2, -0.15) is 4.39 Å². The van der Waals surface area contributed by atoms with Crippen molar-refractivity contribution < 1.29 is 13.6 Å². The minimum atomic E-state index is -0.830. The molecule has 1 aliphatic heterocycles. The lowest BCUT2D eigenvalue weighted by Crippen LogP contribution is -2.47. The third-order valence-corrected chi connectivity index (χ3v) is 1.34. The second-order valence-corrected chi connectivity index (χ2v) is 2.35. The molecule has 74 valence electrons. The predicted molar refractivity (Wildman–Crippen MR) is 42.3 cm³/mol. The summed E-state index contributed by atoms with van der Waals surface area (Å²) in [6, 6.07) is 0. The second-order valence-electron chi connectivity index (χ2n) is 2.35. The first-order chi connectivity index (χ1) is 6.11. The van der Waals surface area contributed by atoms with E-state index in [1.807, 2.05) is 0 Å². The summed E-state index contributed by atoms with van der Waals surface area (Å²) >= 11 is 0. The summed E-state index contributed by atoms with van der Waals surface area (Å²) in [5, 5.41) is -0.128. The molecule has 0 aromatic rings. The molecule has 0 aliphatic carbocycles. The van der Waals surface area contributed by atoms with Crippen molar-refractivity contribution in [1.82, 2.24) is 16.2 Å². The largest absolute Gasteiger partial charge is 0.360 e. The molecule has 0 amide bonds. The molecule has 0 fully saturated rings. The van der Waals surface area contributed by atoms with E-state index < -0.39 is 12.2 Å². The quantitative estimate of drug-likeness (QED) is 0.491. The fraction of sp³-hybridized carbons (Fsp3) is 0.500. The summed E-state index contributed by atoms with van der Waals surface area (Å²) in [6.07, 6.45) is 0.559. The Morgan fingerprint density at radius 2 is 2.31 bits per heavy atom. The van der Waals surface area contributed by atoms with Gasteiger partial charge in [-0.1, -0.05) is 4.48 Å². The number of ether oxygens (including phenoxy) is 1. The Morgan fingerprint density at radius 3 is 2.85 bits per heavy atom. The van der Waals surface area contributed by atoms with Gasteiger partial charge in [0.05, 0.1) is 0 Å². The molecule has 0 saturated heterocycles. The van der Waals surface area contributed by atoms with Gasteiger partial charge in [0.25, 0.3) is 0 Å². The van der Waals surface area contributed by atoms with Crippen LogP contribution in [0.15, 0.2) is 17.0 Å². The average Bonchev–Trinajstić information content (AvgIpc) is 2.02. The molecule has 1 unspecified atom stereocenters. The molecule has 13 heavy (non-hydrogen) atoms. The Bertz CT molecular complexity index is 243. The monoisotopic (exact) mass is 192 g/mol. The fourth-order valence-corrected chi connectivity index (χ4v) is 0.722. The van der Waals surface area contributed by atoms with Crippen molar-refractivity contribution >= 4 is 5.84 Å². The SMILES string of the molecule is COC(C)N=C1C=C(F)NN(F)N1. The number of hydrogen-bond donors (Lipinski definition) is 2. The van der Waals surface area contributed by atoms with Crippen molar-refractivity contribution in [3.05, 3.63) is 12.0 Å². The highest BCUT2D eigenvalue weighted by atomic mass is 19.2. The summed E-state index contributed by atoms with van der Waals surface area (Å²) in [5.74, 6) is -0.781. The molecular weight excluding hydrogens is 182 g/mol. The van der Waals surface area contributed by atoms with Gasteiger partial charge >= 0.3 is 0 Å². The van der Waals surface area contributed by atoms with E-state index in [0.29, 0.717) is 0 Å². The van der Waals surface area contributed by atoms with Crippen LogP contribution < -0.4 is 10.9 Å². The highest BCUT2D eigenvalue weighted by Gasteiger charge is 2.14. The zero-order chi connectivity index (χ0) is 9.84. The minimum absolute atomic E-state index is 0.0492. The van der Waals surface area contributed by atoms with Crippen LogP contribution in [0.25, 0.3) is 0 Å². The molecule has 1 aliphatic rings. The van der Waals surface area contributed by atoms with E-state index in [1.165, 1.54) is 7.11 Å². The van der Waals surface area contributed by atoms with E-state index in [9.17, 15) is 8.87 Å². The van der Waals surface area contributed by atoms with Gasteiger partial charge in [-0.25, -0.2) is 10.4 Å². The predicted octanol–water partition coefficient (Wildman–Crippen LogP) is 0.398. The first kappa shape index (κ1) is 9.87. The topological polar surface area (TPSA) is 48.9 Å². The zero-order valence-corrected chi connectivity index (χ0v) is 7.21. The molecule has 0 radical (unpaired) electrons. The maximum atomic E-state index is 12.5. The number of hydrazine groups is 2. The van der Waals surface area contributed by atoms with E-state index in [2.05, 4.69) is 10.4 Å². The summed E-state index contributed by atoms with van der Waals surface area (Å²) in [5.41, 5.74) is 3.85. The molecule has 1 rings (SSSR count). The van der Waals surface area contributed by atoms with Crippen molar-refractivity contribution in [1.29, 1.82) is 0 Å². The van der Waals surface area contributed by atoms with Crippen molar-refractivity contribution in [2.45, 2.75) is 13.2 Å². The number of aliphatic imine (C=N–C) groups is 1. The second kappa shape index (κ2) is 4.15. The van der Waals surface area contributed by atoms with Gasteiger partial charge in [-0.05, 0) is 6.92 Å². The van der Waals surface area contributed by atoms with Crippen LogP contribution >= 0.6 is 0 Å². The maximum absolute atomic E-state index is 12.5. The molecule has 5 nitrogen and oxygen atoms in total. The number of nitrogens with one attached hydrogen (secondary N) is 2. The van der Waals surface area contributed by atoms with Crippen molar-refractivity contribution in [3.63, 3.8) is 0 Å². The normalized spacial score (nSPS) is 23.4. The number of rotatable bonds is 2. The van der Waals surface area contributed by atoms with E-state index in [4.69, 9.17) is 4.74 Å². The van der Waals surface area contributed by atoms with Crippen molar-refractivity contribution in [3.8, 4) is 0 Å².